The lowest BCUT2D eigenvalue weighted by atomic mass is 10.1. The summed E-state index contributed by atoms with van der Waals surface area (Å²) < 4.78 is 98.6. The van der Waals surface area contributed by atoms with Gasteiger partial charge in [0, 0.05) is 0 Å². The summed E-state index contributed by atoms with van der Waals surface area (Å²) in [6.45, 7) is 0. The summed E-state index contributed by atoms with van der Waals surface area (Å²) in [6, 6.07) is 0. The smallest absolute Gasteiger partial charge is 0.211 e. The highest BCUT2D eigenvalue weighted by Gasteiger charge is 3.00. The Hall–Kier alpha value is -0.510. The minimum Gasteiger partial charge on any atom is -0.211 e. The lowest BCUT2D eigenvalue weighted by molar-refractivity contribution is -0.282. The fourth-order valence-corrected chi connectivity index (χ4v) is 1.74. The highest BCUT2D eigenvalue weighted by atomic mass is 35.5. The van der Waals surface area contributed by atoms with Gasteiger partial charge in [-0.15, -0.1) is 5.10 Å². The maximum atomic E-state index is 13.1. The highest BCUT2D eigenvalue weighted by Crippen LogP contribution is 2.70. The van der Waals surface area contributed by atoms with E-state index >= 15 is 0 Å². The van der Waals surface area contributed by atoms with E-state index in [-0.39, 0.29) is 0 Å². The molecule has 1 aliphatic heterocycles. The minimum absolute atomic E-state index is 1.33. The molecule has 0 aromatic carbocycles. The van der Waals surface area contributed by atoms with Gasteiger partial charge in [0.1, 0.15) is 0 Å². The van der Waals surface area contributed by atoms with E-state index < -0.39 is 33.6 Å². The summed E-state index contributed by atoms with van der Waals surface area (Å²) >= 11 is 8.78. The van der Waals surface area contributed by atoms with E-state index in [4.69, 9.17) is 0 Å². The van der Waals surface area contributed by atoms with Crippen LogP contribution in [0.25, 0.3) is 0 Å². The van der Waals surface area contributed by atoms with Crippen molar-refractivity contribution in [1.82, 2.24) is 5.01 Å². The van der Waals surface area contributed by atoms with Crippen molar-refractivity contribution in [3.05, 3.63) is 0 Å². The molecule has 17 heavy (non-hydrogen) atoms. The summed E-state index contributed by atoms with van der Waals surface area (Å²) in [7, 11) is 0. The van der Waals surface area contributed by atoms with Gasteiger partial charge in [-0.3, -0.25) is 0 Å². The topological polar surface area (TPSA) is 15.4 Å². The van der Waals surface area contributed by atoms with Crippen LogP contribution in [0.3, 0.4) is 0 Å². The number of alkyl halides is 8. The Morgan fingerprint density at radius 3 is 1.59 bits per heavy atom. The Kier molecular flexibility index (Phi) is 2.99. The molecule has 1 rings (SSSR count). The number of hydrogen-bond acceptors (Lipinski definition) is 2. The van der Waals surface area contributed by atoms with Gasteiger partial charge in [-0.25, -0.2) is 5.01 Å². The average molecular weight is 311 g/mol. The molecule has 1 fully saturated rings. The van der Waals surface area contributed by atoms with Crippen LogP contribution >= 0.6 is 23.2 Å². The van der Waals surface area contributed by atoms with Crippen LogP contribution in [0.4, 0.5) is 35.1 Å². The first-order chi connectivity index (χ1) is 7.30. The molecule has 2 nitrogen and oxygen atoms in total. The average Bonchev–Trinajstić information content (AvgIpc) is 2.43. The van der Waals surface area contributed by atoms with Crippen molar-refractivity contribution < 1.29 is 35.1 Å². The first-order valence-corrected chi connectivity index (χ1v) is 4.27. The van der Waals surface area contributed by atoms with E-state index in [1.807, 2.05) is 5.10 Å². The molecule has 1 heterocycles. The van der Waals surface area contributed by atoms with Crippen LogP contribution in [0.2, 0.25) is 0 Å². The molecule has 0 spiro atoms. The molecule has 0 amide bonds. The zero-order valence-electron chi connectivity index (χ0n) is 7.17. The Morgan fingerprint density at radius 2 is 1.41 bits per heavy atom. The van der Waals surface area contributed by atoms with Gasteiger partial charge in [0.15, 0.2) is 0 Å². The van der Waals surface area contributed by atoms with E-state index in [0.717, 1.165) is 0 Å². The van der Waals surface area contributed by atoms with Crippen molar-refractivity contribution in [1.29, 1.82) is 0 Å². The van der Waals surface area contributed by atoms with E-state index in [1.165, 1.54) is 0 Å². The van der Waals surface area contributed by atoms with Crippen molar-refractivity contribution in [2.45, 2.75) is 23.1 Å². The summed E-state index contributed by atoms with van der Waals surface area (Å²) in [4.78, 5) is 0. The highest BCUT2D eigenvalue weighted by molar-refractivity contribution is 6.62. The monoisotopic (exact) mass is 310 g/mol. The predicted molar refractivity (Wildman–Crippen MR) is 40.8 cm³/mol. The molecule has 1 saturated heterocycles. The first kappa shape index (κ1) is 14.6. The lowest BCUT2D eigenvalue weighted by Gasteiger charge is -2.20. The van der Waals surface area contributed by atoms with Crippen molar-refractivity contribution >= 4 is 28.6 Å². The second-order valence-corrected chi connectivity index (χ2v) is 3.71. The van der Waals surface area contributed by atoms with Crippen molar-refractivity contribution in [3.8, 4) is 0 Å². The quantitative estimate of drug-likeness (QED) is 0.238. The summed E-state index contributed by atoms with van der Waals surface area (Å²) in [5.41, 5.74) is -7.33. The maximum absolute atomic E-state index is 13.1. The number of hydrogen-bond donors (Lipinski definition) is 0. The third kappa shape index (κ3) is 1.72. The predicted octanol–water partition coefficient (Wildman–Crippen LogP) is 3.51. The van der Waals surface area contributed by atoms with Crippen molar-refractivity contribution in [3.63, 3.8) is 0 Å². The molecular formula is C5Cl2F8N2. The van der Waals surface area contributed by atoms with Gasteiger partial charge in [-0.1, -0.05) is 11.6 Å². The third-order valence-corrected chi connectivity index (χ3v) is 2.47. The summed E-state index contributed by atoms with van der Waals surface area (Å²) in [5.74, 6) is 0. The number of nitrogens with zero attached hydrogens (tertiary/aromatic N) is 2. The third-order valence-electron chi connectivity index (χ3n) is 1.97. The van der Waals surface area contributed by atoms with E-state index in [1.54, 1.807) is 0 Å². The molecule has 0 aromatic heterocycles. The molecule has 0 aromatic rings. The van der Waals surface area contributed by atoms with Crippen LogP contribution in [0.15, 0.2) is 5.10 Å². The number of rotatable bonds is 1. The second kappa shape index (κ2) is 3.50. The Labute approximate surface area is 97.7 Å². The summed E-state index contributed by atoms with van der Waals surface area (Å²) in [6.07, 6.45) is -12.3. The second-order valence-electron chi connectivity index (χ2n) is 2.90. The summed E-state index contributed by atoms with van der Waals surface area (Å²) in [5, 5.41) is -3.88. The first-order valence-electron chi connectivity index (χ1n) is 3.51. The fraction of sp³-hybridized carbons (Fsp3) is 0.800. The van der Waals surface area contributed by atoms with Gasteiger partial charge in [0.05, 0.1) is 0 Å². The molecule has 100 valence electrons. The van der Waals surface area contributed by atoms with E-state index in [9.17, 15) is 35.1 Å². The van der Waals surface area contributed by atoms with Gasteiger partial charge in [-0.2, -0.15) is 35.1 Å². The van der Waals surface area contributed by atoms with Crippen LogP contribution in [0.1, 0.15) is 0 Å². The standard InChI is InChI=1S/C5Cl2F8N2/c6-1(8)16-17-2(3(17,7)9,4(10,11)12)5(13,14)15. The van der Waals surface area contributed by atoms with Crippen LogP contribution in [0, 0.1) is 0 Å². The van der Waals surface area contributed by atoms with Crippen molar-refractivity contribution in [2.75, 3.05) is 0 Å². The van der Waals surface area contributed by atoms with Crippen LogP contribution < -0.4 is 0 Å². The fourth-order valence-electron chi connectivity index (χ4n) is 1.25. The molecule has 0 N–H and O–H groups in total. The van der Waals surface area contributed by atoms with Gasteiger partial charge < -0.3 is 0 Å². The van der Waals surface area contributed by atoms with Crippen LogP contribution in [0.5, 0.6) is 0 Å². The largest absolute Gasteiger partial charge is 0.429 e. The normalized spacial score (nSPS) is 29.5. The van der Waals surface area contributed by atoms with Crippen LogP contribution in [-0.4, -0.2) is 33.6 Å². The zero-order chi connectivity index (χ0) is 13.9. The number of hydrazone groups is 1. The van der Waals surface area contributed by atoms with Gasteiger partial charge in [0.2, 0.25) is 0 Å². The Bertz CT molecular complexity index is 340. The molecule has 1 atom stereocenters. The molecule has 12 heteroatoms. The van der Waals surface area contributed by atoms with Crippen molar-refractivity contribution in [2.24, 2.45) is 5.10 Å². The van der Waals surface area contributed by atoms with Gasteiger partial charge in [-0.05, 0) is 11.6 Å². The van der Waals surface area contributed by atoms with E-state index in [0.29, 0.717) is 0 Å². The number of halogens is 10. The molecule has 0 saturated carbocycles. The SMILES string of the molecule is FC(Cl)=NN1C(F)(Cl)C1(C(F)(F)F)C(F)(F)F. The zero-order valence-corrected chi connectivity index (χ0v) is 8.69. The lowest BCUT2D eigenvalue weighted by Crippen LogP contribution is -2.51. The Morgan fingerprint density at radius 1 is 1.06 bits per heavy atom. The van der Waals surface area contributed by atoms with E-state index in [2.05, 4.69) is 23.2 Å². The molecule has 1 aliphatic rings. The Balaban J connectivity index is 3.36. The van der Waals surface area contributed by atoms with Gasteiger partial charge >= 0.3 is 23.1 Å². The molecule has 0 aliphatic carbocycles. The minimum atomic E-state index is -6.16. The molecule has 0 bridgehead atoms. The molecule has 0 radical (unpaired) electrons. The van der Waals surface area contributed by atoms with Gasteiger partial charge in [0.25, 0.3) is 5.42 Å². The van der Waals surface area contributed by atoms with Crippen LogP contribution in [-0.2, 0) is 0 Å². The molecular weight excluding hydrogens is 311 g/mol. The maximum Gasteiger partial charge on any atom is 0.429 e. The molecule has 1 unspecified atom stereocenters.